The Labute approximate surface area is 193 Å². The molecule has 2 aliphatic rings. The van der Waals surface area contributed by atoms with Crippen LogP contribution in [-0.2, 0) is 34.6 Å². The Kier molecular flexibility index (Phi) is 6.55. The molecule has 8 nitrogen and oxygen atoms in total. The molecule has 2 aromatic carbocycles. The topological polar surface area (TPSA) is 103 Å². The molecule has 4 rings (SSSR count). The number of halogens is 1. The lowest BCUT2D eigenvalue weighted by Crippen LogP contribution is -2.37. The molecule has 0 unspecified atom stereocenters. The monoisotopic (exact) mass is 474 g/mol. The van der Waals surface area contributed by atoms with Crippen molar-refractivity contribution in [1.29, 1.82) is 5.41 Å². The van der Waals surface area contributed by atoms with Gasteiger partial charge in [0.05, 0.1) is 5.84 Å². The summed E-state index contributed by atoms with van der Waals surface area (Å²) < 4.78 is 49.5. The number of carbonyl (C=O) groups is 1. The minimum atomic E-state index is -4.23. The zero-order valence-electron chi connectivity index (χ0n) is 18.4. The van der Waals surface area contributed by atoms with Crippen molar-refractivity contribution in [2.45, 2.75) is 45.8 Å². The summed E-state index contributed by atoms with van der Waals surface area (Å²) >= 11 is 0. The van der Waals surface area contributed by atoms with Crippen LogP contribution in [0.1, 0.15) is 42.9 Å². The van der Waals surface area contributed by atoms with E-state index < -0.39 is 28.5 Å². The molecule has 10 heteroatoms. The fraction of sp³-hybridized carbons (Fsp3) is 0.391. The number of hydrogen-bond donors (Lipinski definition) is 2. The van der Waals surface area contributed by atoms with Crippen LogP contribution in [0.15, 0.2) is 36.4 Å². The molecule has 2 N–H and O–H groups in total. The van der Waals surface area contributed by atoms with E-state index in [2.05, 4.69) is 0 Å². The number of hydrogen-bond acceptors (Lipinski definition) is 5. The van der Waals surface area contributed by atoms with Crippen LogP contribution in [0.4, 0.5) is 10.1 Å². The predicted octanol–water partition coefficient (Wildman–Crippen LogP) is 3.11. The average molecular weight is 475 g/mol. The van der Waals surface area contributed by atoms with Crippen molar-refractivity contribution >= 4 is 27.6 Å². The van der Waals surface area contributed by atoms with E-state index in [1.54, 1.807) is 6.07 Å². The Hall–Kier alpha value is -3.14. The predicted molar refractivity (Wildman–Crippen MR) is 123 cm³/mol. The first kappa shape index (κ1) is 23.0. The van der Waals surface area contributed by atoms with E-state index in [-0.39, 0.29) is 24.6 Å². The molecule has 0 aliphatic carbocycles. The normalized spacial score (nSPS) is 17.0. The third-order valence-electron chi connectivity index (χ3n) is 5.85. The van der Waals surface area contributed by atoms with Gasteiger partial charge in [-0.25, -0.2) is 13.4 Å². The first-order valence-corrected chi connectivity index (χ1v) is 12.4. The summed E-state index contributed by atoms with van der Waals surface area (Å²) in [5.74, 6) is -0.948. The summed E-state index contributed by atoms with van der Waals surface area (Å²) in [6.45, 7) is 2.40. The second-order valence-electron chi connectivity index (χ2n) is 8.21. The van der Waals surface area contributed by atoms with Gasteiger partial charge >= 0.3 is 10.2 Å². The van der Waals surface area contributed by atoms with Crippen molar-refractivity contribution in [3.8, 4) is 5.75 Å². The van der Waals surface area contributed by atoms with Crippen molar-refractivity contribution in [3.63, 3.8) is 0 Å². The Bertz CT molecular complexity index is 1170. The number of unbranched alkanes of at least 4 members (excludes halogenated alkanes) is 1. The van der Waals surface area contributed by atoms with E-state index in [0.29, 0.717) is 30.8 Å². The van der Waals surface area contributed by atoms with Gasteiger partial charge in [-0.3, -0.25) is 10.2 Å². The Morgan fingerprint density at radius 3 is 2.67 bits per heavy atom. The maximum Gasteiger partial charge on any atom is 0.326 e. The van der Waals surface area contributed by atoms with Gasteiger partial charge in [0.1, 0.15) is 24.6 Å². The van der Waals surface area contributed by atoms with Crippen molar-refractivity contribution in [2.75, 3.05) is 17.4 Å². The first-order chi connectivity index (χ1) is 15.8. The molecule has 0 bridgehead atoms. The van der Waals surface area contributed by atoms with E-state index in [1.165, 1.54) is 0 Å². The van der Waals surface area contributed by atoms with Gasteiger partial charge in [0.25, 0.3) is 5.91 Å². The molecule has 1 fully saturated rings. The molecule has 0 atom stereocenters. The van der Waals surface area contributed by atoms with E-state index in [4.69, 9.17) is 10.1 Å². The zero-order valence-corrected chi connectivity index (χ0v) is 19.3. The van der Waals surface area contributed by atoms with Crippen LogP contribution < -0.4 is 13.8 Å². The molecule has 2 aliphatic heterocycles. The molecule has 0 spiro atoms. The SMILES string of the molecule is CCCCC(=N)N1CCc2cc(OCc3ccccc3)c(N3CC(=O)NS3(=O)=O)c(F)c2C1. The second kappa shape index (κ2) is 9.38. The Balaban J connectivity index is 1.72. The lowest BCUT2D eigenvalue weighted by molar-refractivity contribution is -0.117. The number of amidine groups is 1. The van der Waals surface area contributed by atoms with Gasteiger partial charge in [0, 0.05) is 25.1 Å². The van der Waals surface area contributed by atoms with Crippen LogP contribution in [-0.4, -0.2) is 38.2 Å². The number of carbonyl (C=O) groups excluding carboxylic acids is 1. The fourth-order valence-electron chi connectivity index (χ4n) is 4.08. The van der Waals surface area contributed by atoms with Crippen LogP contribution in [0.5, 0.6) is 5.75 Å². The molecular weight excluding hydrogens is 447 g/mol. The molecule has 176 valence electrons. The van der Waals surface area contributed by atoms with Gasteiger partial charge in [-0.05, 0) is 30.0 Å². The van der Waals surface area contributed by atoms with Gasteiger partial charge in [0.15, 0.2) is 5.82 Å². The number of fused-ring (bicyclic) bond motifs is 1. The smallest absolute Gasteiger partial charge is 0.326 e. The van der Waals surface area contributed by atoms with Crippen molar-refractivity contribution < 1.29 is 22.3 Å². The molecular formula is C23H27FN4O4S. The fourth-order valence-corrected chi connectivity index (χ4v) is 5.24. The lowest BCUT2D eigenvalue weighted by atomic mass is 9.97. The number of anilines is 1. The Morgan fingerprint density at radius 2 is 2.00 bits per heavy atom. The minimum absolute atomic E-state index is 0.0738. The number of amides is 1. The van der Waals surface area contributed by atoms with Gasteiger partial charge < -0.3 is 9.64 Å². The molecule has 33 heavy (non-hydrogen) atoms. The quantitative estimate of drug-likeness (QED) is 0.474. The maximum atomic E-state index is 15.9. The molecule has 2 heterocycles. The van der Waals surface area contributed by atoms with Gasteiger partial charge in [-0.2, -0.15) is 8.42 Å². The number of nitrogens with zero attached hydrogens (tertiary/aromatic N) is 2. The third-order valence-corrected chi connectivity index (χ3v) is 7.23. The van der Waals surface area contributed by atoms with Gasteiger partial charge in [-0.15, -0.1) is 0 Å². The van der Waals surface area contributed by atoms with Crippen LogP contribution >= 0.6 is 0 Å². The molecule has 1 amide bonds. The summed E-state index contributed by atoms with van der Waals surface area (Å²) in [5.41, 5.74) is 1.62. The van der Waals surface area contributed by atoms with Crippen LogP contribution in [0.25, 0.3) is 0 Å². The molecule has 0 saturated carbocycles. The largest absolute Gasteiger partial charge is 0.487 e. The van der Waals surface area contributed by atoms with Crippen LogP contribution in [0.3, 0.4) is 0 Å². The standard InChI is InChI=1S/C23H27FN4O4S/c1-2-3-9-20(25)27-11-10-17-12-19(32-15-16-7-5-4-6-8-16)23(22(24)18(17)13-27)28-14-21(29)26-33(28,30)31/h4-8,12,25H,2-3,9-11,13-15H2,1H3,(H,26,29). The van der Waals surface area contributed by atoms with E-state index in [9.17, 15) is 13.2 Å². The summed E-state index contributed by atoms with van der Waals surface area (Å²) in [4.78, 5) is 13.7. The maximum absolute atomic E-state index is 15.9. The highest BCUT2D eigenvalue weighted by Gasteiger charge is 2.39. The highest BCUT2D eigenvalue weighted by Crippen LogP contribution is 2.40. The van der Waals surface area contributed by atoms with Gasteiger partial charge in [-0.1, -0.05) is 43.7 Å². The van der Waals surface area contributed by atoms with Crippen molar-refractivity contribution in [3.05, 3.63) is 58.9 Å². The summed E-state index contributed by atoms with van der Waals surface area (Å²) in [7, 11) is -4.23. The lowest BCUT2D eigenvalue weighted by Gasteiger charge is -2.33. The molecule has 0 aromatic heterocycles. The second-order valence-corrected chi connectivity index (χ2v) is 9.80. The summed E-state index contributed by atoms with van der Waals surface area (Å²) in [6, 6.07) is 10.9. The molecule has 1 saturated heterocycles. The highest BCUT2D eigenvalue weighted by atomic mass is 32.2. The zero-order chi connectivity index (χ0) is 23.6. The van der Waals surface area contributed by atoms with Crippen molar-refractivity contribution in [1.82, 2.24) is 9.62 Å². The number of rotatable bonds is 7. The number of benzene rings is 2. The third kappa shape index (κ3) is 4.80. The average Bonchev–Trinajstić information content (AvgIpc) is 3.07. The number of nitrogens with one attached hydrogen (secondary N) is 2. The van der Waals surface area contributed by atoms with Crippen LogP contribution in [0, 0.1) is 11.2 Å². The Morgan fingerprint density at radius 1 is 1.24 bits per heavy atom. The van der Waals surface area contributed by atoms with Gasteiger partial charge in [0.2, 0.25) is 0 Å². The minimum Gasteiger partial charge on any atom is -0.487 e. The highest BCUT2D eigenvalue weighted by molar-refractivity contribution is 7.92. The first-order valence-electron chi connectivity index (χ1n) is 11.0. The van der Waals surface area contributed by atoms with E-state index >= 15 is 4.39 Å². The summed E-state index contributed by atoms with van der Waals surface area (Å²) in [6.07, 6.45) is 2.95. The molecule has 2 aromatic rings. The van der Waals surface area contributed by atoms with E-state index in [0.717, 1.165) is 28.3 Å². The van der Waals surface area contributed by atoms with E-state index in [1.807, 2.05) is 46.9 Å². The number of ether oxygens (including phenoxy) is 1. The van der Waals surface area contributed by atoms with Crippen molar-refractivity contribution in [2.24, 2.45) is 0 Å². The summed E-state index contributed by atoms with van der Waals surface area (Å²) in [5, 5.41) is 8.33. The van der Waals surface area contributed by atoms with Crippen LogP contribution in [0.2, 0.25) is 0 Å². The molecule has 0 radical (unpaired) electrons.